The second-order valence-electron chi connectivity index (χ2n) is 7.51. The van der Waals surface area contributed by atoms with Gasteiger partial charge in [0.1, 0.15) is 0 Å². The molecule has 0 saturated heterocycles. The molecule has 8 nitrogen and oxygen atoms in total. The second-order valence-corrected chi connectivity index (χ2v) is 8.49. The van der Waals surface area contributed by atoms with E-state index in [-0.39, 0.29) is 17.5 Å². The molecule has 2 N–H and O–H groups in total. The van der Waals surface area contributed by atoms with Crippen molar-refractivity contribution in [3.05, 3.63) is 111 Å². The predicted molar refractivity (Wildman–Crippen MR) is 127 cm³/mol. The van der Waals surface area contributed by atoms with Crippen molar-refractivity contribution in [1.29, 1.82) is 0 Å². The summed E-state index contributed by atoms with van der Waals surface area (Å²) in [5, 5.41) is 21.3. The van der Waals surface area contributed by atoms with E-state index in [1.54, 1.807) is 29.7 Å². The van der Waals surface area contributed by atoms with E-state index in [0.717, 1.165) is 16.5 Å². The Balaban J connectivity index is 1.34. The zero-order valence-electron chi connectivity index (χ0n) is 17.3. The fourth-order valence-electron chi connectivity index (χ4n) is 3.84. The van der Waals surface area contributed by atoms with Crippen molar-refractivity contribution in [2.75, 3.05) is 6.54 Å². The number of hydrogen-bond donors (Lipinski definition) is 2. The van der Waals surface area contributed by atoms with E-state index in [1.807, 2.05) is 35.8 Å². The van der Waals surface area contributed by atoms with Gasteiger partial charge in [-0.3, -0.25) is 14.9 Å². The summed E-state index contributed by atoms with van der Waals surface area (Å²) in [5.41, 5.74) is 3.24. The molecule has 0 bridgehead atoms. The first-order valence-electron chi connectivity index (χ1n) is 10.3. The third kappa shape index (κ3) is 4.13. The van der Waals surface area contributed by atoms with E-state index in [2.05, 4.69) is 27.5 Å². The molecule has 164 valence electrons. The topological polar surface area (TPSA) is 106 Å². The highest BCUT2D eigenvalue weighted by molar-refractivity contribution is 7.10. The van der Waals surface area contributed by atoms with Crippen LogP contribution in [0.2, 0.25) is 0 Å². The summed E-state index contributed by atoms with van der Waals surface area (Å²) >= 11 is 1.66. The van der Waals surface area contributed by atoms with Gasteiger partial charge in [-0.2, -0.15) is 5.10 Å². The number of hydrogen-bond acceptors (Lipinski definition) is 5. The molecule has 1 atom stereocenters. The number of para-hydroxylation sites is 1. The standard InChI is InChI=1S/C24H19N5O3S/c30-24(16-12-27-28(15-16)17-7-9-18(10-8-17)29(31)32)26-14-21(23-6-3-11-33-23)20-13-25-22-5-2-1-4-19(20)22/h1-13,15,21,25H,14H2,(H,26,30). The number of fused-ring (bicyclic) bond motifs is 1. The van der Waals surface area contributed by atoms with Crippen molar-refractivity contribution < 1.29 is 9.72 Å². The number of nitro groups is 1. The van der Waals surface area contributed by atoms with E-state index in [9.17, 15) is 14.9 Å². The fraction of sp³-hybridized carbons (Fsp3) is 0.0833. The lowest BCUT2D eigenvalue weighted by Gasteiger charge is -2.16. The number of aromatic amines is 1. The zero-order chi connectivity index (χ0) is 22.8. The Labute approximate surface area is 192 Å². The maximum absolute atomic E-state index is 12.9. The van der Waals surface area contributed by atoms with Crippen molar-refractivity contribution in [2.45, 2.75) is 5.92 Å². The summed E-state index contributed by atoms with van der Waals surface area (Å²) in [7, 11) is 0. The molecule has 3 heterocycles. The largest absolute Gasteiger partial charge is 0.361 e. The van der Waals surface area contributed by atoms with Crippen LogP contribution in [-0.2, 0) is 0 Å². The SMILES string of the molecule is O=C(NCC(c1cccs1)c1c[nH]c2ccccc12)c1cnn(-c2ccc([N+](=O)[O-])cc2)c1. The third-order valence-corrected chi connectivity index (χ3v) is 6.51. The number of H-pyrrole nitrogens is 1. The molecule has 0 fully saturated rings. The Morgan fingerprint density at radius 3 is 2.73 bits per heavy atom. The maximum atomic E-state index is 12.9. The summed E-state index contributed by atoms with van der Waals surface area (Å²) in [6.07, 6.45) is 5.11. The number of benzene rings is 2. The summed E-state index contributed by atoms with van der Waals surface area (Å²) in [6, 6.07) is 18.2. The first kappa shape index (κ1) is 20.7. The molecule has 0 radical (unpaired) electrons. The van der Waals surface area contributed by atoms with Gasteiger partial charge in [-0.05, 0) is 35.2 Å². The van der Waals surface area contributed by atoms with Crippen molar-refractivity contribution in [2.24, 2.45) is 0 Å². The number of carbonyl (C=O) groups excluding carboxylic acids is 1. The highest BCUT2D eigenvalue weighted by Gasteiger charge is 2.21. The molecular weight excluding hydrogens is 438 g/mol. The van der Waals surface area contributed by atoms with Crippen molar-refractivity contribution in [3.8, 4) is 5.69 Å². The molecule has 3 aromatic heterocycles. The zero-order valence-corrected chi connectivity index (χ0v) is 18.2. The highest BCUT2D eigenvalue weighted by atomic mass is 32.1. The van der Waals surface area contributed by atoms with Crippen LogP contribution in [-0.4, -0.2) is 32.1 Å². The summed E-state index contributed by atoms with van der Waals surface area (Å²) in [5.74, 6) is -0.223. The van der Waals surface area contributed by atoms with Crippen molar-refractivity contribution in [1.82, 2.24) is 20.1 Å². The minimum absolute atomic E-state index is 0.000715. The van der Waals surface area contributed by atoms with Gasteiger partial charge in [0, 0.05) is 52.8 Å². The van der Waals surface area contributed by atoms with Gasteiger partial charge >= 0.3 is 0 Å². The number of nitrogens with zero attached hydrogens (tertiary/aromatic N) is 3. The van der Waals surface area contributed by atoms with E-state index in [4.69, 9.17) is 0 Å². The normalized spacial score (nSPS) is 12.0. The number of carbonyl (C=O) groups is 1. The van der Waals surface area contributed by atoms with Gasteiger partial charge in [0.15, 0.2) is 0 Å². The molecule has 0 aliphatic heterocycles. The van der Waals surface area contributed by atoms with E-state index >= 15 is 0 Å². The van der Waals surface area contributed by atoms with Gasteiger partial charge in [0.05, 0.1) is 22.4 Å². The van der Waals surface area contributed by atoms with Gasteiger partial charge in [-0.15, -0.1) is 11.3 Å². The Hall–Kier alpha value is -4.24. The van der Waals surface area contributed by atoms with E-state index in [1.165, 1.54) is 27.9 Å². The molecule has 0 spiro atoms. The van der Waals surface area contributed by atoms with Crippen molar-refractivity contribution in [3.63, 3.8) is 0 Å². The maximum Gasteiger partial charge on any atom is 0.269 e. The van der Waals surface area contributed by atoms with Crippen LogP contribution < -0.4 is 5.32 Å². The monoisotopic (exact) mass is 457 g/mol. The fourth-order valence-corrected chi connectivity index (χ4v) is 4.69. The number of rotatable bonds is 7. The van der Waals surface area contributed by atoms with Gasteiger partial charge < -0.3 is 10.3 Å². The first-order chi connectivity index (χ1) is 16.1. The van der Waals surface area contributed by atoms with Crippen LogP contribution >= 0.6 is 11.3 Å². The van der Waals surface area contributed by atoms with Gasteiger partial charge in [0.2, 0.25) is 0 Å². The molecule has 5 rings (SSSR count). The van der Waals surface area contributed by atoms with Crippen LogP contribution in [0.5, 0.6) is 0 Å². The summed E-state index contributed by atoms with van der Waals surface area (Å²) < 4.78 is 1.52. The Morgan fingerprint density at radius 2 is 1.97 bits per heavy atom. The predicted octanol–water partition coefficient (Wildman–Crippen LogP) is 4.89. The number of amides is 1. The van der Waals surface area contributed by atoms with E-state index in [0.29, 0.717) is 17.8 Å². The second kappa shape index (κ2) is 8.71. The molecule has 0 aliphatic rings. The molecule has 2 aromatic carbocycles. The smallest absolute Gasteiger partial charge is 0.269 e. The molecule has 0 saturated carbocycles. The first-order valence-corrected chi connectivity index (χ1v) is 11.2. The van der Waals surface area contributed by atoms with Gasteiger partial charge in [0.25, 0.3) is 11.6 Å². The summed E-state index contributed by atoms with van der Waals surface area (Å²) in [4.78, 5) is 27.8. The van der Waals surface area contributed by atoms with Crippen LogP contribution in [0.3, 0.4) is 0 Å². The molecular formula is C24H19N5O3S. The number of non-ortho nitro benzene ring substituents is 1. The van der Waals surface area contributed by atoms with Crippen molar-refractivity contribution >= 4 is 33.8 Å². The molecule has 1 unspecified atom stereocenters. The van der Waals surface area contributed by atoms with Crippen LogP contribution in [0.4, 0.5) is 5.69 Å². The average Bonchev–Trinajstić information content (AvgIpc) is 3.60. The Morgan fingerprint density at radius 1 is 1.15 bits per heavy atom. The minimum atomic E-state index is -0.455. The lowest BCUT2D eigenvalue weighted by Crippen LogP contribution is -2.28. The van der Waals surface area contributed by atoms with Crippen LogP contribution in [0.25, 0.3) is 16.6 Å². The molecule has 9 heteroatoms. The minimum Gasteiger partial charge on any atom is -0.361 e. The Kier molecular flexibility index (Phi) is 5.45. The molecule has 5 aromatic rings. The van der Waals surface area contributed by atoms with Crippen LogP contribution in [0.15, 0.2) is 84.6 Å². The molecule has 1 amide bonds. The molecule has 33 heavy (non-hydrogen) atoms. The van der Waals surface area contributed by atoms with Crippen LogP contribution in [0, 0.1) is 10.1 Å². The van der Waals surface area contributed by atoms with E-state index < -0.39 is 4.92 Å². The number of nitro benzene ring substituents is 1. The average molecular weight is 458 g/mol. The van der Waals surface area contributed by atoms with Gasteiger partial charge in [-0.25, -0.2) is 4.68 Å². The quantitative estimate of drug-likeness (QED) is 0.268. The number of aromatic nitrogens is 3. The Bertz CT molecular complexity index is 1420. The molecule has 0 aliphatic carbocycles. The summed E-state index contributed by atoms with van der Waals surface area (Å²) in [6.45, 7) is 0.434. The third-order valence-electron chi connectivity index (χ3n) is 5.52. The lowest BCUT2D eigenvalue weighted by molar-refractivity contribution is -0.384. The number of thiophene rings is 1. The van der Waals surface area contributed by atoms with Crippen LogP contribution in [0.1, 0.15) is 26.7 Å². The highest BCUT2D eigenvalue weighted by Crippen LogP contribution is 2.32. The van der Waals surface area contributed by atoms with Gasteiger partial charge in [-0.1, -0.05) is 24.3 Å². The number of nitrogens with one attached hydrogen (secondary N) is 2. The lowest BCUT2D eigenvalue weighted by atomic mass is 9.96.